The van der Waals surface area contributed by atoms with Gasteiger partial charge in [-0.1, -0.05) is 26.2 Å². The van der Waals surface area contributed by atoms with Gasteiger partial charge >= 0.3 is 0 Å². The van der Waals surface area contributed by atoms with Crippen LogP contribution in [0.1, 0.15) is 59.3 Å². The first-order valence-electron chi connectivity index (χ1n) is 8.20. The Hall–Kier alpha value is -0.120. The van der Waals surface area contributed by atoms with E-state index in [9.17, 15) is 0 Å². The Labute approximate surface area is 119 Å². The minimum Gasteiger partial charge on any atom is -0.379 e. The van der Waals surface area contributed by atoms with E-state index in [4.69, 9.17) is 9.47 Å². The van der Waals surface area contributed by atoms with Crippen LogP contribution in [0, 0.1) is 5.92 Å². The molecule has 3 nitrogen and oxygen atoms in total. The van der Waals surface area contributed by atoms with Crippen LogP contribution in [0.15, 0.2) is 0 Å². The standard InChI is InChI=1S/C16H33NO2/c1-4-11-17-16(15-9-7-6-8-10-15)13-19-14(3)12-18-5-2/h14-17H,4-13H2,1-3H3. The molecule has 0 saturated heterocycles. The second-order valence-electron chi connectivity index (χ2n) is 5.76. The molecule has 2 unspecified atom stereocenters. The Morgan fingerprint density at radius 1 is 1.11 bits per heavy atom. The molecule has 1 aliphatic carbocycles. The van der Waals surface area contributed by atoms with Crippen molar-refractivity contribution in [3.05, 3.63) is 0 Å². The van der Waals surface area contributed by atoms with Crippen molar-refractivity contribution in [2.24, 2.45) is 5.92 Å². The Bertz CT molecular complexity index is 205. The van der Waals surface area contributed by atoms with Gasteiger partial charge in [0.05, 0.1) is 19.3 Å². The van der Waals surface area contributed by atoms with Crippen LogP contribution in [0.5, 0.6) is 0 Å². The van der Waals surface area contributed by atoms with Gasteiger partial charge in [0.15, 0.2) is 0 Å². The molecule has 0 spiro atoms. The van der Waals surface area contributed by atoms with Crippen molar-refractivity contribution in [1.29, 1.82) is 0 Å². The van der Waals surface area contributed by atoms with E-state index in [1.165, 1.54) is 38.5 Å². The van der Waals surface area contributed by atoms with Crippen LogP contribution in [0.25, 0.3) is 0 Å². The quantitative estimate of drug-likeness (QED) is 0.661. The van der Waals surface area contributed by atoms with E-state index in [0.717, 1.165) is 25.7 Å². The van der Waals surface area contributed by atoms with Gasteiger partial charge in [-0.05, 0) is 45.6 Å². The second kappa shape index (κ2) is 10.6. The summed E-state index contributed by atoms with van der Waals surface area (Å²) < 4.78 is 11.4. The first-order valence-corrected chi connectivity index (χ1v) is 8.20. The van der Waals surface area contributed by atoms with Crippen LogP contribution in [-0.2, 0) is 9.47 Å². The fourth-order valence-electron chi connectivity index (χ4n) is 2.83. The van der Waals surface area contributed by atoms with Gasteiger partial charge in [0, 0.05) is 12.6 Å². The number of ether oxygens (including phenoxy) is 2. The van der Waals surface area contributed by atoms with Gasteiger partial charge in [-0.25, -0.2) is 0 Å². The molecule has 1 aliphatic rings. The van der Waals surface area contributed by atoms with E-state index < -0.39 is 0 Å². The Morgan fingerprint density at radius 3 is 2.47 bits per heavy atom. The molecule has 0 aliphatic heterocycles. The summed E-state index contributed by atoms with van der Waals surface area (Å²) in [4.78, 5) is 0. The average molecular weight is 271 g/mol. The van der Waals surface area contributed by atoms with Crippen LogP contribution >= 0.6 is 0 Å². The van der Waals surface area contributed by atoms with E-state index in [1.54, 1.807) is 0 Å². The van der Waals surface area contributed by atoms with Crippen molar-refractivity contribution in [3.8, 4) is 0 Å². The molecule has 1 fully saturated rings. The highest BCUT2D eigenvalue weighted by molar-refractivity contribution is 4.79. The number of hydrogen-bond acceptors (Lipinski definition) is 3. The fraction of sp³-hybridized carbons (Fsp3) is 1.00. The topological polar surface area (TPSA) is 30.5 Å². The third-order valence-electron chi connectivity index (χ3n) is 3.99. The SMILES string of the molecule is CCCNC(COC(C)COCC)C1CCCCC1. The lowest BCUT2D eigenvalue weighted by atomic mass is 9.84. The summed E-state index contributed by atoms with van der Waals surface area (Å²) in [5, 5.41) is 3.68. The summed E-state index contributed by atoms with van der Waals surface area (Å²) in [6, 6.07) is 0.532. The molecule has 1 N–H and O–H groups in total. The van der Waals surface area contributed by atoms with Gasteiger partial charge in [-0.2, -0.15) is 0 Å². The largest absolute Gasteiger partial charge is 0.379 e. The summed E-state index contributed by atoms with van der Waals surface area (Å²) in [7, 11) is 0. The van der Waals surface area contributed by atoms with E-state index in [1.807, 2.05) is 6.92 Å². The third-order valence-corrected chi connectivity index (χ3v) is 3.99. The minimum absolute atomic E-state index is 0.203. The lowest BCUT2D eigenvalue weighted by Crippen LogP contribution is -2.42. The van der Waals surface area contributed by atoms with E-state index in [0.29, 0.717) is 12.6 Å². The van der Waals surface area contributed by atoms with Gasteiger partial charge in [-0.15, -0.1) is 0 Å². The Morgan fingerprint density at radius 2 is 1.84 bits per heavy atom. The lowest BCUT2D eigenvalue weighted by Gasteiger charge is -2.31. The van der Waals surface area contributed by atoms with Crippen molar-refractivity contribution >= 4 is 0 Å². The van der Waals surface area contributed by atoms with Crippen LogP contribution in [0.4, 0.5) is 0 Å². The molecule has 0 aromatic carbocycles. The summed E-state index contributed by atoms with van der Waals surface area (Å²) in [6.07, 6.45) is 8.33. The van der Waals surface area contributed by atoms with Crippen molar-refractivity contribution < 1.29 is 9.47 Å². The minimum atomic E-state index is 0.203. The van der Waals surface area contributed by atoms with Crippen LogP contribution in [0.2, 0.25) is 0 Å². The molecular formula is C16H33NO2. The average Bonchev–Trinajstić information content (AvgIpc) is 2.46. The zero-order valence-electron chi connectivity index (χ0n) is 13.1. The van der Waals surface area contributed by atoms with Crippen molar-refractivity contribution in [3.63, 3.8) is 0 Å². The summed E-state index contributed by atoms with van der Waals surface area (Å²) in [5.74, 6) is 0.805. The van der Waals surface area contributed by atoms with Crippen molar-refractivity contribution in [2.75, 3.05) is 26.4 Å². The summed E-state index contributed by atoms with van der Waals surface area (Å²) in [5.41, 5.74) is 0. The molecule has 0 radical (unpaired) electrons. The monoisotopic (exact) mass is 271 g/mol. The normalized spacial score (nSPS) is 20.4. The molecule has 0 amide bonds. The van der Waals surface area contributed by atoms with Gasteiger partial charge in [0.1, 0.15) is 0 Å². The zero-order chi connectivity index (χ0) is 13.9. The molecule has 2 atom stereocenters. The number of rotatable bonds is 10. The van der Waals surface area contributed by atoms with Gasteiger partial charge in [0.2, 0.25) is 0 Å². The Balaban J connectivity index is 2.31. The molecule has 0 aromatic heterocycles. The highest BCUT2D eigenvalue weighted by atomic mass is 16.5. The maximum absolute atomic E-state index is 5.97. The summed E-state index contributed by atoms with van der Waals surface area (Å²) in [6.45, 7) is 9.77. The smallest absolute Gasteiger partial charge is 0.0781 e. The van der Waals surface area contributed by atoms with Crippen molar-refractivity contribution in [2.45, 2.75) is 71.4 Å². The molecule has 1 rings (SSSR count). The number of nitrogens with one attached hydrogen (secondary N) is 1. The first kappa shape index (κ1) is 16.9. The molecular weight excluding hydrogens is 238 g/mol. The highest BCUT2D eigenvalue weighted by Crippen LogP contribution is 2.26. The molecule has 3 heteroatoms. The molecule has 19 heavy (non-hydrogen) atoms. The predicted molar refractivity (Wildman–Crippen MR) is 80.6 cm³/mol. The van der Waals surface area contributed by atoms with Gasteiger partial charge < -0.3 is 14.8 Å². The third kappa shape index (κ3) is 7.28. The van der Waals surface area contributed by atoms with E-state index in [2.05, 4.69) is 19.2 Å². The maximum Gasteiger partial charge on any atom is 0.0781 e. The predicted octanol–water partition coefficient (Wildman–Crippen LogP) is 3.38. The van der Waals surface area contributed by atoms with Gasteiger partial charge in [0.25, 0.3) is 0 Å². The maximum atomic E-state index is 5.97. The van der Waals surface area contributed by atoms with E-state index >= 15 is 0 Å². The molecule has 0 bridgehead atoms. The second-order valence-corrected chi connectivity index (χ2v) is 5.76. The van der Waals surface area contributed by atoms with Gasteiger partial charge in [-0.3, -0.25) is 0 Å². The molecule has 0 aromatic rings. The Kier molecular flexibility index (Phi) is 9.48. The van der Waals surface area contributed by atoms with Crippen molar-refractivity contribution in [1.82, 2.24) is 5.32 Å². The highest BCUT2D eigenvalue weighted by Gasteiger charge is 2.23. The lowest BCUT2D eigenvalue weighted by molar-refractivity contribution is -0.0191. The summed E-state index contributed by atoms with van der Waals surface area (Å²) >= 11 is 0. The van der Waals surface area contributed by atoms with Crippen LogP contribution < -0.4 is 5.32 Å². The molecule has 114 valence electrons. The number of hydrogen-bond donors (Lipinski definition) is 1. The first-order chi connectivity index (χ1) is 9.27. The van der Waals surface area contributed by atoms with Crippen LogP contribution in [0.3, 0.4) is 0 Å². The molecule has 1 saturated carbocycles. The molecule has 0 heterocycles. The van der Waals surface area contributed by atoms with Crippen LogP contribution in [-0.4, -0.2) is 38.5 Å². The van der Waals surface area contributed by atoms with E-state index in [-0.39, 0.29) is 6.10 Å². The zero-order valence-corrected chi connectivity index (χ0v) is 13.1. The fourth-order valence-corrected chi connectivity index (χ4v) is 2.83.